The van der Waals surface area contributed by atoms with Gasteiger partial charge in [-0.25, -0.2) is 0 Å². The van der Waals surface area contributed by atoms with Gasteiger partial charge in [0.05, 0.1) is 12.5 Å². The monoisotopic (exact) mass is 310 g/mol. The van der Waals surface area contributed by atoms with Gasteiger partial charge in [-0.15, -0.1) is 6.58 Å². The first-order chi connectivity index (χ1) is 10.1. The summed E-state index contributed by atoms with van der Waals surface area (Å²) in [5.41, 5.74) is 21.3. The minimum atomic E-state index is -1.74. The van der Waals surface area contributed by atoms with Crippen molar-refractivity contribution in [2.24, 2.45) is 40.7 Å². The van der Waals surface area contributed by atoms with Crippen molar-refractivity contribution in [1.82, 2.24) is 0 Å². The van der Waals surface area contributed by atoms with Crippen LogP contribution in [-0.2, 0) is 4.79 Å². The van der Waals surface area contributed by atoms with Crippen LogP contribution in [0.4, 0.5) is 0 Å². The van der Waals surface area contributed by atoms with Crippen molar-refractivity contribution < 1.29 is 15.0 Å². The number of fused-ring (bicyclic) bond motifs is 1. The molecule has 10 N–H and O–H groups in total. The molecule has 0 amide bonds. The Bertz CT molecular complexity index is 501. The van der Waals surface area contributed by atoms with E-state index in [1.807, 2.05) is 0 Å². The van der Waals surface area contributed by atoms with Gasteiger partial charge in [0.15, 0.2) is 0 Å². The van der Waals surface area contributed by atoms with Gasteiger partial charge in [-0.1, -0.05) is 11.6 Å². The lowest BCUT2D eigenvalue weighted by Crippen LogP contribution is -2.75. The van der Waals surface area contributed by atoms with Crippen LogP contribution in [0.1, 0.15) is 25.7 Å². The Balaban J connectivity index is 2.14. The summed E-state index contributed by atoms with van der Waals surface area (Å²) in [4.78, 5) is 10.8. The first kappa shape index (κ1) is 17.1. The summed E-state index contributed by atoms with van der Waals surface area (Å²) >= 11 is 0. The number of aliphatic hydroxyl groups is 1. The molecule has 2 saturated carbocycles. The number of rotatable bonds is 5. The molecule has 2 aliphatic carbocycles. The zero-order valence-electron chi connectivity index (χ0n) is 12.6. The van der Waals surface area contributed by atoms with Crippen molar-refractivity contribution in [2.45, 2.75) is 43.1 Å². The van der Waals surface area contributed by atoms with Crippen molar-refractivity contribution in [2.75, 3.05) is 0 Å². The Kier molecular flexibility index (Phi) is 4.47. The smallest absolute Gasteiger partial charge is 0.306 e. The van der Waals surface area contributed by atoms with Crippen LogP contribution in [0.25, 0.3) is 0 Å². The maximum Gasteiger partial charge on any atom is 0.306 e. The van der Waals surface area contributed by atoms with E-state index in [1.54, 1.807) is 12.2 Å². The quantitative estimate of drug-likeness (QED) is 0.286. The zero-order valence-corrected chi connectivity index (χ0v) is 12.6. The third-order valence-corrected chi connectivity index (χ3v) is 5.08. The highest BCUT2D eigenvalue weighted by molar-refractivity contribution is 5.68. The number of carbonyl (C=O) groups is 1. The highest BCUT2D eigenvalue weighted by Crippen LogP contribution is 2.50. The Morgan fingerprint density at radius 1 is 1.32 bits per heavy atom. The van der Waals surface area contributed by atoms with E-state index in [0.29, 0.717) is 11.8 Å². The van der Waals surface area contributed by atoms with E-state index in [2.05, 4.69) is 6.58 Å². The lowest BCUT2D eigenvalue weighted by atomic mass is 9.88. The molecule has 0 aromatic rings. The van der Waals surface area contributed by atoms with Crippen LogP contribution < -0.4 is 22.9 Å². The molecular formula is C15H26N4O3. The molecule has 2 fully saturated rings. The molecule has 4 atom stereocenters. The Hall–Kier alpha value is -1.25. The number of carboxylic acid groups (broad SMARTS) is 1. The molecule has 0 heterocycles. The Morgan fingerprint density at radius 2 is 1.95 bits per heavy atom. The molecule has 2 aliphatic rings. The molecule has 0 bridgehead atoms. The van der Waals surface area contributed by atoms with E-state index in [4.69, 9.17) is 28.0 Å². The maximum absolute atomic E-state index is 10.8. The Labute approximate surface area is 130 Å². The van der Waals surface area contributed by atoms with Gasteiger partial charge in [-0.05, 0) is 37.2 Å². The van der Waals surface area contributed by atoms with Gasteiger partial charge in [0.25, 0.3) is 0 Å². The van der Waals surface area contributed by atoms with Gasteiger partial charge in [0.1, 0.15) is 11.3 Å². The summed E-state index contributed by atoms with van der Waals surface area (Å²) in [5.74, 6) is -0.398. The summed E-state index contributed by atoms with van der Waals surface area (Å²) in [5, 5.41) is 18.9. The van der Waals surface area contributed by atoms with Crippen LogP contribution in [0.15, 0.2) is 24.3 Å². The third-order valence-electron chi connectivity index (χ3n) is 5.08. The van der Waals surface area contributed by atoms with E-state index >= 15 is 0 Å². The van der Waals surface area contributed by atoms with Crippen molar-refractivity contribution >= 4 is 5.97 Å². The van der Waals surface area contributed by atoms with E-state index in [0.717, 1.165) is 24.8 Å². The van der Waals surface area contributed by atoms with Gasteiger partial charge < -0.3 is 33.1 Å². The standard InChI is InChI=1S/C15H26N4O3/c1-2-10-11-4-8(3-9(11)5-12(10)20)6-14(16,17)15(18,19)7-13(21)22/h2,6,9-12,20H,1,3-5,7,16-19H2,(H,21,22). The molecular weight excluding hydrogens is 284 g/mol. The average Bonchev–Trinajstić information content (AvgIpc) is 2.81. The highest BCUT2D eigenvalue weighted by atomic mass is 16.4. The van der Waals surface area contributed by atoms with Crippen LogP contribution in [0, 0.1) is 17.8 Å². The summed E-state index contributed by atoms with van der Waals surface area (Å²) in [6, 6.07) is 0. The van der Waals surface area contributed by atoms with Crippen molar-refractivity contribution in [1.29, 1.82) is 0 Å². The van der Waals surface area contributed by atoms with Crippen LogP contribution in [-0.4, -0.2) is 33.6 Å². The van der Waals surface area contributed by atoms with Crippen LogP contribution in [0.2, 0.25) is 0 Å². The number of hydrogen-bond acceptors (Lipinski definition) is 6. The largest absolute Gasteiger partial charge is 0.481 e. The van der Waals surface area contributed by atoms with E-state index in [9.17, 15) is 9.90 Å². The minimum absolute atomic E-state index is 0.0698. The third kappa shape index (κ3) is 3.09. The molecule has 0 aromatic heterocycles. The van der Waals surface area contributed by atoms with Crippen molar-refractivity contribution in [3.63, 3.8) is 0 Å². The van der Waals surface area contributed by atoms with Crippen LogP contribution in [0.5, 0.6) is 0 Å². The van der Waals surface area contributed by atoms with E-state index < -0.39 is 23.7 Å². The molecule has 7 heteroatoms. The van der Waals surface area contributed by atoms with Crippen LogP contribution in [0.3, 0.4) is 0 Å². The molecule has 2 rings (SSSR count). The van der Waals surface area contributed by atoms with E-state index in [-0.39, 0.29) is 12.0 Å². The molecule has 0 radical (unpaired) electrons. The van der Waals surface area contributed by atoms with Gasteiger partial charge in [-0.3, -0.25) is 4.79 Å². The molecule has 22 heavy (non-hydrogen) atoms. The average molecular weight is 310 g/mol. The minimum Gasteiger partial charge on any atom is -0.481 e. The predicted octanol–water partition coefficient (Wildman–Crippen LogP) is -0.792. The normalized spacial score (nSPS) is 34.0. The molecule has 0 aliphatic heterocycles. The summed E-state index contributed by atoms with van der Waals surface area (Å²) < 4.78 is 0. The summed E-state index contributed by atoms with van der Waals surface area (Å²) in [6.45, 7) is 3.79. The predicted molar refractivity (Wildman–Crippen MR) is 83.1 cm³/mol. The fraction of sp³-hybridized carbons (Fsp3) is 0.667. The van der Waals surface area contributed by atoms with Gasteiger partial charge in [-0.2, -0.15) is 0 Å². The number of aliphatic hydroxyl groups excluding tert-OH is 1. The van der Waals surface area contributed by atoms with Gasteiger partial charge >= 0.3 is 5.97 Å². The molecule has 0 spiro atoms. The molecule has 7 nitrogen and oxygen atoms in total. The maximum atomic E-state index is 10.8. The second-order valence-electron chi connectivity index (χ2n) is 6.79. The lowest BCUT2D eigenvalue weighted by Gasteiger charge is -2.37. The first-order valence-electron chi connectivity index (χ1n) is 7.46. The number of nitrogens with two attached hydrogens (primary N) is 4. The first-order valence-corrected chi connectivity index (χ1v) is 7.46. The zero-order chi connectivity index (χ0) is 16.7. The lowest BCUT2D eigenvalue weighted by molar-refractivity contribution is -0.138. The van der Waals surface area contributed by atoms with Crippen LogP contribution >= 0.6 is 0 Å². The topological polar surface area (TPSA) is 162 Å². The number of aliphatic carboxylic acids is 1. The summed E-state index contributed by atoms with van der Waals surface area (Å²) in [7, 11) is 0. The number of allylic oxidation sites excluding steroid dienone is 1. The van der Waals surface area contributed by atoms with Crippen molar-refractivity contribution in [3.8, 4) is 0 Å². The molecule has 4 unspecified atom stereocenters. The number of carboxylic acids is 1. The fourth-order valence-corrected chi connectivity index (χ4v) is 3.83. The summed E-state index contributed by atoms with van der Waals surface area (Å²) in [6.07, 6.45) is 4.79. The SMILES string of the molecule is C=CC1C(O)CC2CC(=CC(N)(N)C(N)(N)CC(=O)O)CC21. The second kappa shape index (κ2) is 5.75. The van der Waals surface area contributed by atoms with Gasteiger partial charge in [0.2, 0.25) is 0 Å². The molecule has 124 valence electrons. The number of hydrogen-bond donors (Lipinski definition) is 6. The van der Waals surface area contributed by atoms with Crippen molar-refractivity contribution in [3.05, 3.63) is 24.3 Å². The Morgan fingerprint density at radius 3 is 2.50 bits per heavy atom. The van der Waals surface area contributed by atoms with Gasteiger partial charge in [0, 0.05) is 5.92 Å². The second-order valence-corrected chi connectivity index (χ2v) is 6.79. The fourth-order valence-electron chi connectivity index (χ4n) is 3.83. The molecule has 0 aromatic carbocycles. The highest BCUT2D eigenvalue weighted by Gasteiger charge is 2.46. The molecule has 0 saturated heterocycles. The van der Waals surface area contributed by atoms with E-state index in [1.165, 1.54) is 0 Å².